The van der Waals surface area contributed by atoms with Gasteiger partial charge in [0.15, 0.2) is 0 Å². The number of amides is 4. The number of carbonyl (C=O) groups excluding carboxylic acids is 3. The minimum absolute atomic E-state index is 0.180. The Bertz CT molecular complexity index is 393. The number of carboxylic acid groups (broad SMARTS) is 1. The van der Waals surface area contributed by atoms with Crippen molar-refractivity contribution in [2.24, 2.45) is 5.73 Å². The molecule has 0 heterocycles. The van der Waals surface area contributed by atoms with Crippen molar-refractivity contribution in [2.75, 3.05) is 6.54 Å². The topological polar surface area (TPSA) is 151 Å². The van der Waals surface area contributed by atoms with Crippen molar-refractivity contribution in [3.05, 3.63) is 0 Å². The first kappa shape index (κ1) is 14.7. The number of nitrogens with two attached hydrogens (primary N) is 1. The lowest BCUT2D eigenvalue weighted by Crippen LogP contribution is -2.49. The van der Waals surface area contributed by atoms with Crippen LogP contribution in [-0.4, -0.2) is 47.5 Å². The summed E-state index contributed by atoms with van der Waals surface area (Å²) in [5.41, 5.74) is 4.85. The molecule has 1 saturated carbocycles. The highest BCUT2D eigenvalue weighted by atomic mass is 16.4. The van der Waals surface area contributed by atoms with Crippen LogP contribution in [0.25, 0.3) is 0 Å². The van der Waals surface area contributed by atoms with Crippen molar-refractivity contribution in [3.63, 3.8) is 0 Å². The number of primary amides is 1. The van der Waals surface area contributed by atoms with Gasteiger partial charge in [-0.3, -0.25) is 9.59 Å². The van der Waals surface area contributed by atoms with Crippen LogP contribution < -0.4 is 21.7 Å². The molecular formula is C10H16N4O5. The van der Waals surface area contributed by atoms with E-state index in [-0.39, 0.29) is 18.5 Å². The third-order valence-electron chi connectivity index (χ3n) is 2.36. The van der Waals surface area contributed by atoms with Crippen LogP contribution in [0.3, 0.4) is 0 Å². The minimum Gasteiger partial charge on any atom is -0.480 e. The fourth-order valence-corrected chi connectivity index (χ4v) is 1.28. The average molecular weight is 272 g/mol. The molecule has 106 valence electrons. The average Bonchev–Trinajstić information content (AvgIpc) is 3.08. The second-order valence-corrected chi connectivity index (χ2v) is 4.23. The monoisotopic (exact) mass is 272 g/mol. The number of carbonyl (C=O) groups is 4. The van der Waals surface area contributed by atoms with Gasteiger partial charge in [-0.05, 0) is 12.8 Å². The van der Waals surface area contributed by atoms with E-state index in [1.807, 2.05) is 5.32 Å². The van der Waals surface area contributed by atoms with E-state index in [0.29, 0.717) is 0 Å². The van der Waals surface area contributed by atoms with Crippen LogP contribution in [0.2, 0.25) is 0 Å². The maximum absolute atomic E-state index is 11.3. The van der Waals surface area contributed by atoms with Crippen LogP contribution in [0.1, 0.15) is 19.3 Å². The fraction of sp³-hybridized carbons (Fsp3) is 0.600. The Kier molecular flexibility index (Phi) is 5.10. The summed E-state index contributed by atoms with van der Waals surface area (Å²) in [5, 5.41) is 15.6. The highest BCUT2D eigenvalue weighted by Crippen LogP contribution is 2.18. The Labute approximate surface area is 108 Å². The molecule has 0 radical (unpaired) electrons. The number of aliphatic carboxylic acids is 1. The maximum atomic E-state index is 11.3. The zero-order valence-electron chi connectivity index (χ0n) is 10.1. The van der Waals surface area contributed by atoms with E-state index in [9.17, 15) is 19.2 Å². The van der Waals surface area contributed by atoms with Crippen molar-refractivity contribution >= 4 is 23.8 Å². The van der Waals surface area contributed by atoms with Crippen LogP contribution >= 0.6 is 0 Å². The molecule has 1 aliphatic carbocycles. The van der Waals surface area contributed by atoms with E-state index >= 15 is 0 Å². The Balaban J connectivity index is 2.28. The molecular weight excluding hydrogens is 256 g/mol. The molecule has 19 heavy (non-hydrogen) atoms. The Morgan fingerprint density at radius 3 is 2.37 bits per heavy atom. The molecule has 1 fully saturated rings. The number of hydrogen-bond acceptors (Lipinski definition) is 4. The molecule has 9 nitrogen and oxygen atoms in total. The van der Waals surface area contributed by atoms with Crippen molar-refractivity contribution < 1.29 is 24.3 Å². The molecule has 0 aromatic heterocycles. The van der Waals surface area contributed by atoms with Gasteiger partial charge in [0, 0.05) is 6.04 Å². The first-order chi connectivity index (χ1) is 8.88. The molecule has 0 unspecified atom stereocenters. The van der Waals surface area contributed by atoms with Gasteiger partial charge in [-0.2, -0.15) is 0 Å². The highest BCUT2D eigenvalue weighted by Gasteiger charge is 2.24. The summed E-state index contributed by atoms with van der Waals surface area (Å²) in [5.74, 6) is -2.57. The smallest absolute Gasteiger partial charge is 0.326 e. The molecule has 9 heteroatoms. The molecule has 0 aromatic rings. The van der Waals surface area contributed by atoms with Gasteiger partial charge in [-0.15, -0.1) is 0 Å². The number of rotatable bonds is 7. The summed E-state index contributed by atoms with van der Waals surface area (Å²) in [4.78, 5) is 43.9. The van der Waals surface area contributed by atoms with Gasteiger partial charge in [0.25, 0.3) is 0 Å². The van der Waals surface area contributed by atoms with Crippen LogP contribution in [0.4, 0.5) is 4.79 Å². The molecule has 1 atom stereocenters. The van der Waals surface area contributed by atoms with Crippen LogP contribution in [0, 0.1) is 0 Å². The van der Waals surface area contributed by atoms with E-state index in [2.05, 4.69) is 10.6 Å². The van der Waals surface area contributed by atoms with Gasteiger partial charge in [0.05, 0.1) is 13.0 Å². The molecule has 6 N–H and O–H groups in total. The lowest BCUT2D eigenvalue weighted by molar-refractivity contribution is -0.140. The normalized spacial score (nSPS) is 15.2. The van der Waals surface area contributed by atoms with Gasteiger partial charge >= 0.3 is 12.0 Å². The summed E-state index contributed by atoms with van der Waals surface area (Å²) in [6.07, 6.45) is 1.34. The lowest BCUT2D eigenvalue weighted by Gasteiger charge is -2.13. The largest absolute Gasteiger partial charge is 0.480 e. The predicted molar refractivity (Wildman–Crippen MR) is 62.9 cm³/mol. The Hall–Kier alpha value is -2.32. The SMILES string of the molecule is NC(=O)C[C@H](NC(=O)NCC(=O)NC1CC1)C(=O)O. The minimum atomic E-state index is -1.41. The molecule has 0 spiro atoms. The maximum Gasteiger partial charge on any atom is 0.326 e. The van der Waals surface area contributed by atoms with Crippen LogP contribution in [0.15, 0.2) is 0 Å². The summed E-state index contributed by atoms with van der Waals surface area (Å²) in [6, 6.07) is -2.08. The third-order valence-corrected chi connectivity index (χ3v) is 2.36. The Morgan fingerprint density at radius 1 is 1.26 bits per heavy atom. The standard InChI is InChI=1S/C10H16N4O5/c11-7(15)3-6(9(17)18)14-10(19)12-4-8(16)13-5-1-2-5/h5-6H,1-4H2,(H2,11,15)(H,13,16)(H,17,18)(H2,12,14,19)/t6-/m0/s1. The molecule has 0 saturated heterocycles. The molecule has 4 amide bonds. The zero-order chi connectivity index (χ0) is 14.4. The quantitative estimate of drug-likeness (QED) is 0.359. The van der Waals surface area contributed by atoms with E-state index in [1.54, 1.807) is 0 Å². The van der Waals surface area contributed by atoms with Gasteiger partial charge in [-0.25, -0.2) is 9.59 Å². The molecule has 0 bridgehead atoms. The second-order valence-electron chi connectivity index (χ2n) is 4.23. The predicted octanol–water partition coefficient (Wildman–Crippen LogP) is -2.11. The van der Waals surface area contributed by atoms with Gasteiger partial charge < -0.3 is 26.8 Å². The molecule has 1 aliphatic rings. The summed E-state index contributed by atoms with van der Waals surface area (Å²) in [7, 11) is 0. The fourth-order valence-electron chi connectivity index (χ4n) is 1.28. The first-order valence-electron chi connectivity index (χ1n) is 5.73. The molecule has 0 aromatic carbocycles. The van der Waals surface area contributed by atoms with E-state index in [0.717, 1.165) is 12.8 Å². The lowest BCUT2D eigenvalue weighted by atomic mass is 10.2. The van der Waals surface area contributed by atoms with E-state index in [1.165, 1.54) is 0 Å². The van der Waals surface area contributed by atoms with Crippen LogP contribution in [-0.2, 0) is 14.4 Å². The van der Waals surface area contributed by atoms with E-state index < -0.39 is 30.4 Å². The number of nitrogens with one attached hydrogen (secondary N) is 3. The highest BCUT2D eigenvalue weighted by molar-refractivity contribution is 5.89. The van der Waals surface area contributed by atoms with Gasteiger partial charge in [0.1, 0.15) is 6.04 Å². The second kappa shape index (κ2) is 6.57. The van der Waals surface area contributed by atoms with Gasteiger partial charge in [0.2, 0.25) is 11.8 Å². The Morgan fingerprint density at radius 2 is 1.89 bits per heavy atom. The zero-order valence-corrected chi connectivity index (χ0v) is 10.1. The summed E-state index contributed by atoms with van der Waals surface area (Å²) >= 11 is 0. The van der Waals surface area contributed by atoms with Gasteiger partial charge in [-0.1, -0.05) is 0 Å². The van der Waals surface area contributed by atoms with E-state index in [4.69, 9.17) is 10.8 Å². The van der Waals surface area contributed by atoms with Crippen molar-refractivity contribution in [2.45, 2.75) is 31.3 Å². The number of carboxylic acids is 1. The number of hydrogen-bond donors (Lipinski definition) is 5. The van der Waals surface area contributed by atoms with Crippen LogP contribution in [0.5, 0.6) is 0 Å². The molecule has 1 rings (SSSR count). The van der Waals surface area contributed by atoms with Crippen molar-refractivity contribution in [1.29, 1.82) is 0 Å². The summed E-state index contributed by atoms with van der Waals surface area (Å²) < 4.78 is 0. The first-order valence-corrected chi connectivity index (χ1v) is 5.73. The van der Waals surface area contributed by atoms with Crippen molar-refractivity contribution in [3.8, 4) is 0 Å². The molecule has 0 aliphatic heterocycles. The summed E-state index contributed by atoms with van der Waals surface area (Å²) in [6.45, 7) is -0.259. The van der Waals surface area contributed by atoms with Crippen molar-refractivity contribution in [1.82, 2.24) is 16.0 Å². The number of urea groups is 1. The third kappa shape index (κ3) is 6.24.